The van der Waals surface area contributed by atoms with E-state index < -0.39 is 18.2 Å². The van der Waals surface area contributed by atoms with Gasteiger partial charge in [0, 0.05) is 12.8 Å². The van der Waals surface area contributed by atoms with Crippen molar-refractivity contribution < 1.29 is 22.7 Å². The third-order valence-corrected chi connectivity index (χ3v) is 1.25. The summed E-state index contributed by atoms with van der Waals surface area (Å²) in [7, 11) is 0. The van der Waals surface area contributed by atoms with Crippen molar-refractivity contribution in [3.05, 3.63) is 0 Å². The van der Waals surface area contributed by atoms with Gasteiger partial charge in [-0.2, -0.15) is 13.2 Å². The molecule has 10 heavy (non-hydrogen) atoms. The van der Waals surface area contributed by atoms with Crippen LogP contribution in [0, 0.1) is 0 Å². The molecule has 0 saturated carbocycles. The summed E-state index contributed by atoms with van der Waals surface area (Å²) >= 11 is 0. The number of hydrogen-bond donors (Lipinski definition) is 0. The lowest BCUT2D eigenvalue weighted by molar-refractivity contribution is -0.209. The minimum atomic E-state index is -4.38. The summed E-state index contributed by atoms with van der Waals surface area (Å²) in [5.74, 6) is -0.762. The van der Waals surface area contributed by atoms with Crippen LogP contribution >= 0.6 is 0 Å². The number of carbonyl (C=O) groups excluding carboxylic acids is 1. The van der Waals surface area contributed by atoms with Crippen LogP contribution in [0.2, 0.25) is 0 Å². The van der Waals surface area contributed by atoms with Crippen molar-refractivity contribution in [1.29, 1.82) is 0 Å². The van der Waals surface area contributed by atoms with E-state index >= 15 is 0 Å². The van der Waals surface area contributed by atoms with Crippen LogP contribution in [0.1, 0.15) is 12.8 Å². The molecule has 1 heterocycles. The summed E-state index contributed by atoms with van der Waals surface area (Å²) in [6.07, 6.45) is -6.60. The van der Waals surface area contributed by atoms with Crippen LogP contribution in [-0.2, 0) is 9.53 Å². The SMILES string of the molecule is O=C1CC[C@@H](C(F)(F)F)O1. The third kappa shape index (κ3) is 1.40. The number of rotatable bonds is 0. The van der Waals surface area contributed by atoms with E-state index in [1.807, 2.05) is 0 Å². The summed E-state index contributed by atoms with van der Waals surface area (Å²) < 4.78 is 38.9. The zero-order valence-corrected chi connectivity index (χ0v) is 4.94. The highest BCUT2D eigenvalue weighted by Crippen LogP contribution is 2.30. The standard InChI is InChI=1S/C5H5F3O2/c6-5(7,8)3-1-2-4(9)10-3/h3H,1-2H2/t3-/m0/s1. The molecule has 0 unspecified atom stereocenters. The zero-order chi connectivity index (χ0) is 7.78. The van der Waals surface area contributed by atoms with Crippen molar-refractivity contribution in [1.82, 2.24) is 0 Å². The fourth-order valence-electron chi connectivity index (χ4n) is 0.756. The van der Waals surface area contributed by atoms with E-state index in [4.69, 9.17) is 0 Å². The first kappa shape index (κ1) is 7.37. The number of alkyl halides is 3. The topological polar surface area (TPSA) is 26.3 Å². The Balaban J connectivity index is 2.53. The molecule has 0 bridgehead atoms. The average molecular weight is 154 g/mol. The lowest BCUT2D eigenvalue weighted by Crippen LogP contribution is -2.27. The Labute approximate surface area is 55.0 Å². The van der Waals surface area contributed by atoms with Crippen LogP contribution in [0.15, 0.2) is 0 Å². The molecule has 0 aliphatic carbocycles. The molecule has 5 heteroatoms. The Bertz CT molecular complexity index is 151. The Morgan fingerprint density at radius 3 is 2.30 bits per heavy atom. The molecule has 1 rings (SSSR count). The number of halogens is 3. The van der Waals surface area contributed by atoms with Gasteiger partial charge in [-0.05, 0) is 0 Å². The Morgan fingerprint density at radius 2 is 2.10 bits per heavy atom. The van der Waals surface area contributed by atoms with E-state index in [0.29, 0.717) is 0 Å². The van der Waals surface area contributed by atoms with E-state index in [2.05, 4.69) is 4.74 Å². The maximum atomic E-state index is 11.7. The van der Waals surface area contributed by atoms with Crippen LogP contribution in [0.25, 0.3) is 0 Å². The fraction of sp³-hybridized carbons (Fsp3) is 0.800. The molecule has 0 aromatic carbocycles. The third-order valence-electron chi connectivity index (χ3n) is 1.25. The molecule has 0 amide bonds. The molecule has 0 radical (unpaired) electrons. The van der Waals surface area contributed by atoms with Gasteiger partial charge in [-0.1, -0.05) is 0 Å². The van der Waals surface area contributed by atoms with E-state index in [1.54, 1.807) is 0 Å². The zero-order valence-electron chi connectivity index (χ0n) is 4.94. The maximum absolute atomic E-state index is 11.7. The first-order valence-electron chi connectivity index (χ1n) is 2.76. The Hall–Kier alpha value is -0.740. The van der Waals surface area contributed by atoms with Gasteiger partial charge in [0.2, 0.25) is 0 Å². The molecule has 0 spiro atoms. The molecule has 0 N–H and O–H groups in total. The van der Waals surface area contributed by atoms with E-state index in [0.717, 1.165) is 0 Å². The molecule has 58 valence electrons. The monoisotopic (exact) mass is 154 g/mol. The molecule has 1 fully saturated rings. The van der Waals surface area contributed by atoms with Crippen molar-refractivity contribution in [2.24, 2.45) is 0 Å². The van der Waals surface area contributed by atoms with Gasteiger partial charge in [-0.25, -0.2) is 0 Å². The van der Waals surface area contributed by atoms with Crippen LogP contribution < -0.4 is 0 Å². The predicted molar refractivity (Wildman–Crippen MR) is 25.2 cm³/mol. The minimum Gasteiger partial charge on any atom is -0.453 e. The lowest BCUT2D eigenvalue weighted by Gasteiger charge is -2.11. The number of ether oxygens (including phenoxy) is 1. The molecule has 1 aliphatic rings. The molecular weight excluding hydrogens is 149 g/mol. The van der Waals surface area contributed by atoms with Crippen LogP contribution in [0.3, 0.4) is 0 Å². The predicted octanol–water partition coefficient (Wildman–Crippen LogP) is 1.25. The number of carbonyl (C=O) groups is 1. The molecule has 1 saturated heterocycles. The van der Waals surface area contributed by atoms with Gasteiger partial charge in [0.05, 0.1) is 0 Å². The second-order valence-corrected chi connectivity index (χ2v) is 2.06. The van der Waals surface area contributed by atoms with E-state index in [1.165, 1.54) is 0 Å². The second kappa shape index (κ2) is 2.14. The number of esters is 1. The first-order chi connectivity index (χ1) is 4.50. The van der Waals surface area contributed by atoms with Crippen molar-refractivity contribution in [3.63, 3.8) is 0 Å². The van der Waals surface area contributed by atoms with Crippen molar-refractivity contribution >= 4 is 5.97 Å². The van der Waals surface area contributed by atoms with E-state index in [-0.39, 0.29) is 12.8 Å². The molecule has 2 nitrogen and oxygen atoms in total. The summed E-state index contributed by atoms with van der Waals surface area (Å²) in [6.45, 7) is 0. The highest BCUT2D eigenvalue weighted by molar-refractivity contribution is 5.71. The fourth-order valence-corrected chi connectivity index (χ4v) is 0.756. The normalized spacial score (nSPS) is 26.7. The summed E-state index contributed by atoms with van der Waals surface area (Å²) in [5, 5.41) is 0. The number of hydrogen-bond acceptors (Lipinski definition) is 2. The highest BCUT2D eigenvalue weighted by Gasteiger charge is 2.45. The van der Waals surface area contributed by atoms with Crippen LogP contribution in [0.5, 0.6) is 0 Å². The summed E-state index contributed by atoms with van der Waals surface area (Å²) in [5.41, 5.74) is 0. The average Bonchev–Trinajstić information content (AvgIpc) is 2.11. The van der Waals surface area contributed by atoms with E-state index in [9.17, 15) is 18.0 Å². The quantitative estimate of drug-likeness (QED) is 0.491. The molecule has 0 aromatic heterocycles. The number of cyclic esters (lactones) is 1. The Morgan fingerprint density at radius 1 is 1.50 bits per heavy atom. The van der Waals surface area contributed by atoms with Crippen molar-refractivity contribution in [3.8, 4) is 0 Å². The van der Waals surface area contributed by atoms with Gasteiger partial charge in [-0.3, -0.25) is 4.79 Å². The largest absolute Gasteiger partial charge is 0.453 e. The molecular formula is C5H5F3O2. The van der Waals surface area contributed by atoms with Gasteiger partial charge in [0.25, 0.3) is 0 Å². The highest BCUT2D eigenvalue weighted by atomic mass is 19.4. The maximum Gasteiger partial charge on any atom is 0.425 e. The molecule has 0 aromatic rings. The van der Waals surface area contributed by atoms with Gasteiger partial charge in [-0.15, -0.1) is 0 Å². The summed E-state index contributed by atoms with van der Waals surface area (Å²) in [4.78, 5) is 10.2. The van der Waals surface area contributed by atoms with Crippen LogP contribution in [-0.4, -0.2) is 18.2 Å². The first-order valence-corrected chi connectivity index (χ1v) is 2.76. The van der Waals surface area contributed by atoms with Crippen LogP contribution in [0.4, 0.5) is 13.2 Å². The second-order valence-electron chi connectivity index (χ2n) is 2.06. The van der Waals surface area contributed by atoms with Crippen molar-refractivity contribution in [2.45, 2.75) is 25.1 Å². The lowest BCUT2D eigenvalue weighted by atomic mass is 10.2. The molecule has 1 aliphatic heterocycles. The smallest absolute Gasteiger partial charge is 0.425 e. The summed E-state index contributed by atoms with van der Waals surface area (Å²) in [6, 6.07) is 0. The van der Waals surface area contributed by atoms with Gasteiger partial charge < -0.3 is 4.74 Å². The van der Waals surface area contributed by atoms with Gasteiger partial charge in [0.15, 0.2) is 6.10 Å². The Kier molecular flexibility index (Phi) is 1.58. The van der Waals surface area contributed by atoms with Gasteiger partial charge in [0.1, 0.15) is 0 Å². The minimum absolute atomic E-state index is 0.121. The van der Waals surface area contributed by atoms with Gasteiger partial charge >= 0.3 is 12.1 Å². The van der Waals surface area contributed by atoms with Crippen molar-refractivity contribution in [2.75, 3.05) is 0 Å². The molecule has 1 atom stereocenters.